The van der Waals surface area contributed by atoms with Gasteiger partial charge >= 0.3 is 0 Å². The molecule has 2 unspecified atom stereocenters. The second-order valence-corrected chi connectivity index (χ2v) is 4.59. The van der Waals surface area contributed by atoms with E-state index in [4.69, 9.17) is 0 Å². The SMILES string of the molecule is Cc1ccc(C(O)C(C)NC2CC2)cc1. The van der Waals surface area contributed by atoms with Crippen molar-refractivity contribution >= 4 is 0 Å². The fraction of sp³-hybridized carbons (Fsp3) is 0.538. The Morgan fingerprint density at radius 3 is 2.40 bits per heavy atom. The summed E-state index contributed by atoms with van der Waals surface area (Å²) in [6.07, 6.45) is 2.11. The van der Waals surface area contributed by atoms with Crippen molar-refractivity contribution in [3.05, 3.63) is 35.4 Å². The highest BCUT2D eigenvalue weighted by molar-refractivity contribution is 5.24. The van der Waals surface area contributed by atoms with Crippen molar-refractivity contribution in [3.8, 4) is 0 Å². The van der Waals surface area contributed by atoms with Crippen molar-refractivity contribution in [1.82, 2.24) is 5.32 Å². The number of rotatable bonds is 4. The molecule has 1 saturated carbocycles. The van der Waals surface area contributed by atoms with Crippen molar-refractivity contribution in [3.63, 3.8) is 0 Å². The van der Waals surface area contributed by atoms with Crippen LogP contribution in [0.4, 0.5) is 0 Å². The Bertz CT molecular complexity index is 316. The van der Waals surface area contributed by atoms with Gasteiger partial charge in [-0.3, -0.25) is 0 Å². The molecule has 1 aromatic carbocycles. The molecule has 2 heteroatoms. The first-order chi connectivity index (χ1) is 7.16. The molecule has 2 nitrogen and oxygen atoms in total. The van der Waals surface area contributed by atoms with Crippen LogP contribution >= 0.6 is 0 Å². The minimum Gasteiger partial charge on any atom is -0.387 e. The lowest BCUT2D eigenvalue weighted by Gasteiger charge is -2.20. The van der Waals surface area contributed by atoms with Crippen LogP contribution in [0.15, 0.2) is 24.3 Å². The molecular weight excluding hydrogens is 186 g/mol. The van der Waals surface area contributed by atoms with E-state index in [0.717, 1.165) is 5.56 Å². The lowest BCUT2D eigenvalue weighted by Crippen LogP contribution is -2.33. The molecule has 1 aromatic rings. The van der Waals surface area contributed by atoms with Crippen LogP contribution in [0.2, 0.25) is 0 Å². The first-order valence-corrected chi connectivity index (χ1v) is 5.67. The van der Waals surface area contributed by atoms with Gasteiger partial charge in [0.1, 0.15) is 0 Å². The fourth-order valence-electron chi connectivity index (χ4n) is 1.77. The Balaban J connectivity index is 1.98. The zero-order chi connectivity index (χ0) is 10.8. The van der Waals surface area contributed by atoms with E-state index in [2.05, 4.69) is 12.2 Å². The van der Waals surface area contributed by atoms with Crippen LogP contribution in [0, 0.1) is 6.92 Å². The van der Waals surface area contributed by atoms with Gasteiger partial charge in [0.15, 0.2) is 0 Å². The molecule has 2 rings (SSSR count). The molecule has 82 valence electrons. The third-order valence-corrected chi connectivity index (χ3v) is 2.97. The van der Waals surface area contributed by atoms with Crippen LogP contribution in [-0.2, 0) is 0 Å². The van der Waals surface area contributed by atoms with Crippen molar-refractivity contribution in [1.29, 1.82) is 0 Å². The topological polar surface area (TPSA) is 32.3 Å². The van der Waals surface area contributed by atoms with E-state index in [1.54, 1.807) is 0 Å². The Hall–Kier alpha value is -0.860. The highest BCUT2D eigenvalue weighted by Gasteiger charge is 2.26. The molecule has 0 radical (unpaired) electrons. The summed E-state index contributed by atoms with van der Waals surface area (Å²) in [5.74, 6) is 0. The molecule has 1 aliphatic carbocycles. The average molecular weight is 205 g/mol. The normalized spacial score (nSPS) is 19.9. The van der Waals surface area contributed by atoms with Gasteiger partial charge in [-0.1, -0.05) is 29.8 Å². The van der Waals surface area contributed by atoms with Gasteiger partial charge in [-0.15, -0.1) is 0 Å². The quantitative estimate of drug-likeness (QED) is 0.789. The molecule has 2 N–H and O–H groups in total. The minimum atomic E-state index is -0.397. The summed E-state index contributed by atoms with van der Waals surface area (Å²) in [7, 11) is 0. The van der Waals surface area contributed by atoms with Gasteiger partial charge in [0, 0.05) is 12.1 Å². The zero-order valence-corrected chi connectivity index (χ0v) is 9.40. The van der Waals surface area contributed by atoms with Crippen LogP contribution in [-0.4, -0.2) is 17.2 Å². The van der Waals surface area contributed by atoms with Gasteiger partial charge in [-0.25, -0.2) is 0 Å². The molecule has 0 bridgehead atoms. The summed E-state index contributed by atoms with van der Waals surface area (Å²) in [4.78, 5) is 0. The van der Waals surface area contributed by atoms with Gasteiger partial charge in [-0.05, 0) is 32.3 Å². The first-order valence-electron chi connectivity index (χ1n) is 5.67. The maximum atomic E-state index is 10.1. The smallest absolute Gasteiger partial charge is 0.0940 e. The van der Waals surface area contributed by atoms with Crippen molar-refractivity contribution in [2.45, 2.75) is 44.9 Å². The largest absolute Gasteiger partial charge is 0.387 e. The highest BCUT2D eigenvalue weighted by atomic mass is 16.3. The summed E-state index contributed by atoms with van der Waals surface area (Å²) < 4.78 is 0. The molecule has 1 fully saturated rings. The lowest BCUT2D eigenvalue weighted by molar-refractivity contribution is 0.135. The second kappa shape index (κ2) is 4.33. The highest BCUT2D eigenvalue weighted by Crippen LogP contribution is 2.23. The van der Waals surface area contributed by atoms with Gasteiger partial charge in [0.2, 0.25) is 0 Å². The van der Waals surface area contributed by atoms with Gasteiger partial charge < -0.3 is 10.4 Å². The summed E-state index contributed by atoms with van der Waals surface area (Å²) in [5.41, 5.74) is 2.23. The number of aryl methyl sites for hydroxylation is 1. The predicted molar refractivity (Wildman–Crippen MR) is 61.8 cm³/mol. The number of hydrogen-bond donors (Lipinski definition) is 2. The maximum absolute atomic E-state index is 10.1. The van der Waals surface area contributed by atoms with E-state index in [0.29, 0.717) is 6.04 Å². The van der Waals surface area contributed by atoms with Crippen molar-refractivity contribution in [2.75, 3.05) is 0 Å². The number of nitrogens with one attached hydrogen (secondary N) is 1. The Kier molecular flexibility index (Phi) is 3.08. The summed E-state index contributed by atoms with van der Waals surface area (Å²) in [5, 5.41) is 13.5. The van der Waals surface area contributed by atoms with Crippen LogP contribution in [0.25, 0.3) is 0 Å². The van der Waals surface area contributed by atoms with E-state index in [-0.39, 0.29) is 6.04 Å². The zero-order valence-electron chi connectivity index (χ0n) is 9.40. The van der Waals surface area contributed by atoms with Crippen molar-refractivity contribution in [2.24, 2.45) is 0 Å². The van der Waals surface area contributed by atoms with E-state index < -0.39 is 6.10 Å². The number of aliphatic hydroxyl groups is 1. The summed E-state index contributed by atoms with van der Waals surface area (Å²) in [6, 6.07) is 8.88. The summed E-state index contributed by atoms with van der Waals surface area (Å²) >= 11 is 0. The Morgan fingerprint density at radius 2 is 1.87 bits per heavy atom. The molecule has 2 atom stereocenters. The average Bonchev–Trinajstić information content (AvgIpc) is 3.02. The lowest BCUT2D eigenvalue weighted by atomic mass is 10.0. The summed E-state index contributed by atoms with van der Waals surface area (Å²) in [6.45, 7) is 4.10. The van der Waals surface area contributed by atoms with Gasteiger partial charge in [-0.2, -0.15) is 0 Å². The van der Waals surface area contributed by atoms with Gasteiger partial charge in [0.25, 0.3) is 0 Å². The van der Waals surface area contributed by atoms with Crippen LogP contribution in [0.3, 0.4) is 0 Å². The molecule has 0 aromatic heterocycles. The van der Waals surface area contributed by atoms with E-state index >= 15 is 0 Å². The molecule has 0 heterocycles. The molecule has 0 spiro atoms. The molecule has 0 amide bonds. The standard InChI is InChI=1S/C13H19NO/c1-9-3-5-11(6-4-9)13(15)10(2)14-12-7-8-12/h3-6,10,12-15H,7-8H2,1-2H3. The number of aliphatic hydroxyl groups excluding tert-OH is 1. The third kappa shape index (κ3) is 2.80. The molecule has 0 saturated heterocycles. The molecule has 0 aliphatic heterocycles. The fourth-order valence-corrected chi connectivity index (χ4v) is 1.77. The van der Waals surface area contributed by atoms with Crippen molar-refractivity contribution < 1.29 is 5.11 Å². The van der Waals surface area contributed by atoms with E-state index in [1.165, 1.54) is 18.4 Å². The predicted octanol–water partition coefficient (Wildman–Crippen LogP) is 2.17. The molecule has 15 heavy (non-hydrogen) atoms. The van der Waals surface area contributed by atoms with Gasteiger partial charge in [0.05, 0.1) is 6.10 Å². The second-order valence-electron chi connectivity index (χ2n) is 4.59. The Morgan fingerprint density at radius 1 is 1.27 bits per heavy atom. The minimum absolute atomic E-state index is 0.139. The maximum Gasteiger partial charge on any atom is 0.0940 e. The monoisotopic (exact) mass is 205 g/mol. The van der Waals surface area contributed by atoms with E-state index in [1.807, 2.05) is 31.2 Å². The van der Waals surface area contributed by atoms with E-state index in [9.17, 15) is 5.11 Å². The molecule has 1 aliphatic rings. The third-order valence-electron chi connectivity index (χ3n) is 2.97. The van der Waals surface area contributed by atoms with Crippen LogP contribution in [0.5, 0.6) is 0 Å². The van der Waals surface area contributed by atoms with Crippen LogP contribution < -0.4 is 5.32 Å². The number of benzene rings is 1. The molecular formula is C13H19NO. The first kappa shape index (κ1) is 10.7. The Labute approximate surface area is 91.3 Å². The van der Waals surface area contributed by atoms with Crippen LogP contribution in [0.1, 0.15) is 37.0 Å². The number of hydrogen-bond acceptors (Lipinski definition) is 2.